The van der Waals surface area contributed by atoms with E-state index in [-0.39, 0.29) is 5.91 Å². The Bertz CT molecular complexity index is 1030. The first-order chi connectivity index (χ1) is 14.5. The maximum absolute atomic E-state index is 12.7. The number of thiophene rings is 1. The van der Waals surface area contributed by atoms with Crippen LogP contribution in [0.15, 0.2) is 35.7 Å². The van der Waals surface area contributed by atoms with Crippen LogP contribution in [0.4, 0.5) is 5.13 Å². The highest BCUT2D eigenvalue weighted by Crippen LogP contribution is 2.30. The van der Waals surface area contributed by atoms with Crippen LogP contribution in [0.25, 0.3) is 11.3 Å². The minimum absolute atomic E-state index is 0.350. The third-order valence-electron chi connectivity index (χ3n) is 5.19. The maximum atomic E-state index is 12.7. The summed E-state index contributed by atoms with van der Waals surface area (Å²) in [6.07, 6.45) is 3.93. The third kappa shape index (κ3) is 4.63. The van der Waals surface area contributed by atoms with E-state index >= 15 is 0 Å². The van der Waals surface area contributed by atoms with Gasteiger partial charge in [-0.05, 0) is 50.7 Å². The molecule has 0 bridgehead atoms. The Kier molecular flexibility index (Phi) is 6.29. The molecule has 1 aliphatic carbocycles. The molecule has 2 aromatic heterocycles. The molecule has 30 heavy (non-hydrogen) atoms. The standard InChI is InChI=1S/C23H24N2O3S2/c1-3-18(28-22(27)20-12-16-6-4-5-7-19(16)30-20)21(26)25-23-24-17(13-29-23)15-10-8-14(2)9-11-15/h8-13,18H,3-7H2,1-2H3,(H,24,25,26). The van der Waals surface area contributed by atoms with Crippen molar-refractivity contribution >= 4 is 39.7 Å². The van der Waals surface area contributed by atoms with E-state index in [9.17, 15) is 9.59 Å². The molecule has 1 unspecified atom stereocenters. The van der Waals surface area contributed by atoms with Gasteiger partial charge in [0.25, 0.3) is 5.91 Å². The van der Waals surface area contributed by atoms with Crippen LogP contribution >= 0.6 is 22.7 Å². The van der Waals surface area contributed by atoms with Crippen LogP contribution in [0.3, 0.4) is 0 Å². The number of hydrogen-bond donors (Lipinski definition) is 1. The van der Waals surface area contributed by atoms with Gasteiger partial charge in [-0.15, -0.1) is 22.7 Å². The van der Waals surface area contributed by atoms with Crippen molar-refractivity contribution in [2.24, 2.45) is 0 Å². The molecule has 0 spiro atoms. The molecule has 1 aromatic carbocycles. The van der Waals surface area contributed by atoms with Gasteiger partial charge in [0.15, 0.2) is 11.2 Å². The monoisotopic (exact) mass is 440 g/mol. The number of esters is 1. The minimum atomic E-state index is -0.844. The second-order valence-corrected chi connectivity index (χ2v) is 9.46. The van der Waals surface area contributed by atoms with Gasteiger partial charge in [-0.25, -0.2) is 9.78 Å². The number of thiazole rings is 1. The molecule has 0 saturated carbocycles. The van der Waals surface area contributed by atoms with Gasteiger partial charge in [0.2, 0.25) is 0 Å². The lowest BCUT2D eigenvalue weighted by molar-refractivity contribution is -0.124. The van der Waals surface area contributed by atoms with Crippen molar-refractivity contribution in [2.75, 3.05) is 5.32 Å². The molecular formula is C23H24N2O3S2. The summed E-state index contributed by atoms with van der Waals surface area (Å²) in [5, 5.41) is 5.20. The van der Waals surface area contributed by atoms with Crippen molar-refractivity contribution in [1.82, 2.24) is 4.98 Å². The van der Waals surface area contributed by atoms with Crippen molar-refractivity contribution < 1.29 is 14.3 Å². The van der Waals surface area contributed by atoms with Gasteiger partial charge < -0.3 is 4.74 Å². The summed E-state index contributed by atoms with van der Waals surface area (Å²) in [5.41, 5.74) is 4.24. The number of carbonyl (C=O) groups excluding carboxylic acids is 2. The predicted octanol–water partition coefficient (Wildman–Crippen LogP) is 5.63. The molecule has 1 aliphatic rings. The van der Waals surface area contributed by atoms with Gasteiger partial charge in [0.05, 0.1) is 5.69 Å². The second kappa shape index (κ2) is 9.10. The SMILES string of the molecule is CCC(OC(=O)c1cc2c(s1)CCCC2)C(=O)Nc1nc(-c2ccc(C)cc2)cs1. The van der Waals surface area contributed by atoms with Crippen molar-refractivity contribution in [3.8, 4) is 11.3 Å². The van der Waals surface area contributed by atoms with E-state index in [1.807, 2.05) is 49.6 Å². The van der Waals surface area contributed by atoms with Crippen LogP contribution in [0.1, 0.15) is 51.9 Å². The summed E-state index contributed by atoms with van der Waals surface area (Å²) in [7, 11) is 0. The highest BCUT2D eigenvalue weighted by Gasteiger charge is 2.25. The quantitative estimate of drug-likeness (QED) is 0.504. The fraction of sp³-hybridized carbons (Fsp3) is 0.348. The summed E-state index contributed by atoms with van der Waals surface area (Å²) in [6, 6.07) is 10.0. The van der Waals surface area contributed by atoms with Gasteiger partial charge in [0, 0.05) is 15.8 Å². The molecule has 156 valence electrons. The number of fused-ring (bicyclic) bond motifs is 1. The highest BCUT2D eigenvalue weighted by molar-refractivity contribution is 7.14. The molecule has 0 saturated heterocycles. The van der Waals surface area contributed by atoms with Gasteiger partial charge in [-0.2, -0.15) is 0 Å². The number of aryl methyl sites for hydroxylation is 3. The van der Waals surface area contributed by atoms with Gasteiger partial charge in [0.1, 0.15) is 4.88 Å². The Hall–Kier alpha value is -2.51. The summed E-state index contributed by atoms with van der Waals surface area (Å²) in [6.45, 7) is 3.87. The van der Waals surface area contributed by atoms with Gasteiger partial charge in [-0.1, -0.05) is 36.8 Å². The Morgan fingerprint density at radius 3 is 2.70 bits per heavy atom. The lowest BCUT2D eigenvalue weighted by atomic mass is 9.99. The second-order valence-electron chi connectivity index (χ2n) is 7.46. The number of amides is 1. The Balaban J connectivity index is 1.40. The lowest BCUT2D eigenvalue weighted by Crippen LogP contribution is -2.31. The fourth-order valence-corrected chi connectivity index (χ4v) is 5.33. The van der Waals surface area contributed by atoms with Crippen LogP contribution in [-0.2, 0) is 22.4 Å². The van der Waals surface area contributed by atoms with Gasteiger partial charge >= 0.3 is 5.97 Å². The molecular weight excluding hydrogens is 416 g/mol. The Labute approximate surface area is 184 Å². The first kappa shape index (κ1) is 20.8. The molecule has 3 aromatic rings. The molecule has 5 nitrogen and oxygen atoms in total. The average molecular weight is 441 g/mol. The van der Waals surface area contributed by atoms with Crippen molar-refractivity contribution in [1.29, 1.82) is 0 Å². The van der Waals surface area contributed by atoms with Crippen LogP contribution in [0.5, 0.6) is 0 Å². The number of rotatable bonds is 6. The lowest BCUT2D eigenvalue weighted by Gasteiger charge is -2.14. The molecule has 4 rings (SSSR count). The number of hydrogen-bond acceptors (Lipinski definition) is 6. The van der Waals surface area contributed by atoms with Crippen LogP contribution in [0, 0.1) is 6.92 Å². The number of ether oxygens (including phenoxy) is 1. The average Bonchev–Trinajstić information content (AvgIpc) is 3.39. The number of benzene rings is 1. The topological polar surface area (TPSA) is 68.3 Å². The smallest absolute Gasteiger partial charge is 0.349 e. The highest BCUT2D eigenvalue weighted by atomic mass is 32.1. The van der Waals surface area contributed by atoms with E-state index in [0.717, 1.165) is 30.5 Å². The first-order valence-electron chi connectivity index (χ1n) is 10.2. The number of nitrogens with zero attached hydrogens (tertiary/aromatic N) is 1. The molecule has 0 fully saturated rings. The zero-order chi connectivity index (χ0) is 21.1. The minimum Gasteiger partial charge on any atom is -0.448 e. The molecule has 2 heterocycles. The largest absolute Gasteiger partial charge is 0.448 e. The molecule has 0 aliphatic heterocycles. The van der Waals surface area contributed by atoms with E-state index in [0.29, 0.717) is 16.4 Å². The summed E-state index contributed by atoms with van der Waals surface area (Å²) >= 11 is 2.85. The Morgan fingerprint density at radius 1 is 1.20 bits per heavy atom. The molecule has 1 atom stereocenters. The number of anilines is 1. The first-order valence-corrected chi connectivity index (χ1v) is 11.9. The zero-order valence-electron chi connectivity index (χ0n) is 17.1. The van der Waals surface area contributed by atoms with Gasteiger partial charge in [-0.3, -0.25) is 10.1 Å². The van der Waals surface area contributed by atoms with E-state index < -0.39 is 12.1 Å². The molecule has 7 heteroatoms. The van der Waals surface area contributed by atoms with Crippen molar-refractivity contribution in [3.63, 3.8) is 0 Å². The summed E-state index contributed by atoms with van der Waals surface area (Å²) in [5.74, 6) is -0.771. The van der Waals surface area contributed by atoms with Crippen LogP contribution in [-0.4, -0.2) is 23.0 Å². The molecule has 1 amide bonds. The summed E-state index contributed by atoms with van der Waals surface area (Å²) < 4.78 is 5.54. The van der Waals surface area contributed by atoms with E-state index in [1.54, 1.807) is 0 Å². The fourth-order valence-electron chi connectivity index (χ4n) is 3.47. The van der Waals surface area contributed by atoms with E-state index in [2.05, 4.69) is 10.3 Å². The van der Waals surface area contributed by atoms with E-state index in [4.69, 9.17) is 4.74 Å². The molecule has 1 N–H and O–H groups in total. The number of carbonyl (C=O) groups is 2. The molecule has 0 radical (unpaired) electrons. The Morgan fingerprint density at radius 2 is 1.97 bits per heavy atom. The third-order valence-corrected chi connectivity index (χ3v) is 7.17. The number of aromatic nitrogens is 1. The predicted molar refractivity (Wildman–Crippen MR) is 121 cm³/mol. The maximum Gasteiger partial charge on any atom is 0.349 e. The number of nitrogens with one attached hydrogen (secondary N) is 1. The van der Waals surface area contributed by atoms with Crippen LogP contribution < -0.4 is 5.32 Å². The zero-order valence-corrected chi connectivity index (χ0v) is 18.7. The summed E-state index contributed by atoms with van der Waals surface area (Å²) in [4.78, 5) is 31.6. The van der Waals surface area contributed by atoms with E-state index in [1.165, 1.54) is 45.1 Å². The van der Waals surface area contributed by atoms with Crippen LogP contribution in [0.2, 0.25) is 0 Å². The van der Waals surface area contributed by atoms with Crippen molar-refractivity contribution in [3.05, 3.63) is 56.6 Å². The normalized spacial score (nSPS) is 14.1. The van der Waals surface area contributed by atoms with Crippen molar-refractivity contribution in [2.45, 2.75) is 52.1 Å².